The molecular formula is C53H31N7. The van der Waals surface area contributed by atoms with Gasteiger partial charge < -0.3 is 0 Å². The molecule has 60 heavy (non-hydrogen) atoms. The van der Waals surface area contributed by atoms with Crippen LogP contribution in [0, 0.1) is 0 Å². The maximum absolute atomic E-state index is 5.16. The third kappa shape index (κ3) is 5.71. The van der Waals surface area contributed by atoms with Crippen LogP contribution in [-0.4, -0.2) is 34.9 Å². The van der Waals surface area contributed by atoms with Gasteiger partial charge in [0.1, 0.15) is 0 Å². The van der Waals surface area contributed by atoms with Gasteiger partial charge in [-0.1, -0.05) is 115 Å². The zero-order valence-electron chi connectivity index (χ0n) is 32.0. The molecule has 0 saturated carbocycles. The summed E-state index contributed by atoms with van der Waals surface area (Å²) in [7, 11) is 0. The summed E-state index contributed by atoms with van der Waals surface area (Å²) < 4.78 is 0. The Morgan fingerprint density at radius 3 is 1.17 bits per heavy atom. The molecular weight excluding hydrogens is 735 g/mol. The van der Waals surface area contributed by atoms with Gasteiger partial charge in [0.15, 0.2) is 17.5 Å². The van der Waals surface area contributed by atoms with Crippen LogP contribution in [0.1, 0.15) is 0 Å². The Hall–Kier alpha value is -8.29. The van der Waals surface area contributed by atoms with Crippen molar-refractivity contribution in [3.63, 3.8) is 0 Å². The molecule has 0 aliphatic rings. The number of rotatable bonds is 5. The van der Waals surface area contributed by atoms with E-state index in [0.717, 1.165) is 104 Å². The van der Waals surface area contributed by atoms with Crippen molar-refractivity contribution in [2.75, 3.05) is 0 Å². The zero-order valence-corrected chi connectivity index (χ0v) is 32.0. The monoisotopic (exact) mass is 765 g/mol. The third-order valence-corrected chi connectivity index (χ3v) is 11.5. The largest absolute Gasteiger partial charge is 0.254 e. The Morgan fingerprint density at radius 2 is 0.667 bits per heavy atom. The minimum Gasteiger partial charge on any atom is -0.254 e. The van der Waals surface area contributed by atoms with Crippen molar-refractivity contribution in [2.24, 2.45) is 0 Å². The van der Waals surface area contributed by atoms with Crippen LogP contribution in [0.15, 0.2) is 189 Å². The van der Waals surface area contributed by atoms with E-state index < -0.39 is 0 Å². The fraction of sp³-hybridized carbons (Fsp3) is 0. The number of hydrogen-bond donors (Lipinski definition) is 0. The molecule has 0 amide bonds. The smallest absolute Gasteiger partial charge is 0.164 e. The Labute approximate surface area is 343 Å². The molecule has 0 N–H and O–H groups in total. The van der Waals surface area contributed by atoms with Crippen LogP contribution in [0.4, 0.5) is 0 Å². The lowest BCUT2D eigenvalue weighted by molar-refractivity contribution is 1.08. The molecule has 0 fully saturated rings. The SMILES string of the molecule is c1ccc(-c2nc(-c3ccc4ccc(-c5ccnc6c5ccc5cccnc56)cc4c3)nc(-c3ccc4ccc(-c5ccnc6c5ccc5cccnc56)cc4c3)n2)cc1. The first-order valence-corrected chi connectivity index (χ1v) is 19.9. The van der Waals surface area contributed by atoms with Crippen LogP contribution in [0.2, 0.25) is 0 Å². The first-order chi connectivity index (χ1) is 29.7. The van der Waals surface area contributed by atoms with Gasteiger partial charge in [-0.15, -0.1) is 0 Å². The summed E-state index contributed by atoms with van der Waals surface area (Å²) in [6, 6.07) is 56.9. The van der Waals surface area contributed by atoms with Gasteiger partial charge in [0.25, 0.3) is 0 Å². The molecule has 7 nitrogen and oxygen atoms in total. The molecule has 12 aromatic rings. The minimum atomic E-state index is 0.607. The predicted octanol–water partition coefficient (Wildman–Crippen LogP) is 12.7. The molecule has 278 valence electrons. The summed E-state index contributed by atoms with van der Waals surface area (Å²) in [5.41, 5.74) is 10.8. The van der Waals surface area contributed by atoms with Gasteiger partial charge in [0, 0.05) is 63.0 Å². The van der Waals surface area contributed by atoms with Crippen LogP contribution < -0.4 is 0 Å². The van der Waals surface area contributed by atoms with E-state index in [1.54, 1.807) is 0 Å². The van der Waals surface area contributed by atoms with Crippen molar-refractivity contribution in [3.05, 3.63) is 189 Å². The number of fused-ring (bicyclic) bond motifs is 8. The molecule has 0 bridgehead atoms. The molecule has 12 rings (SSSR count). The molecule has 0 atom stereocenters. The second kappa shape index (κ2) is 13.7. The van der Waals surface area contributed by atoms with E-state index in [1.165, 1.54) is 0 Å². The number of nitrogens with zero attached hydrogens (tertiary/aromatic N) is 7. The summed E-state index contributed by atoms with van der Waals surface area (Å²) in [4.78, 5) is 34.1. The van der Waals surface area contributed by atoms with E-state index in [-0.39, 0.29) is 0 Å². The van der Waals surface area contributed by atoms with Crippen molar-refractivity contribution in [2.45, 2.75) is 0 Å². The average Bonchev–Trinajstić information content (AvgIpc) is 3.33. The van der Waals surface area contributed by atoms with Crippen LogP contribution >= 0.6 is 0 Å². The Kier molecular flexibility index (Phi) is 7.71. The van der Waals surface area contributed by atoms with Crippen molar-refractivity contribution in [1.82, 2.24) is 34.9 Å². The van der Waals surface area contributed by atoms with Crippen molar-refractivity contribution < 1.29 is 0 Å². The lowest BCUT2D eigenvalue weighted by Crippen LogP contribution is -2.00. The number of aromatic nitrogens is 7. The quantitative estimate of drug-likeness (QED) is 0.161. The number of hydrogen-bond acceptors (Lipinski definition) is 7. The topological polar surface area (TPSA) is 90.2 Å². The van der Waals surface area contributed by atoms with E-state index in [1.807, 2.05) is 67.3 Å². The van der Waals surface area contributed by atoms with Crippen molar-refractivity contribution in [3.8, 4) is 56.4 Å². The molecule has 0 radical (unpaired) electrons. The Morgan fingerprint density at radius 1 is 0.250 bits per heavy atom. The fourth-order valence-corrected chi connectivity index (χ4v) is 8.47. The van der Waals surface area contributed by atoms with Crippen LogP contribution in [0.3, 0.4) is 0 Å². The summed E-state index contributed by atoms with van der Waals surface area (Å²) in [6.07, 6.45) is 7.39. The molecule has 7 aromatic carbocycles. The second-order valence-corrected chi connectivity index (χ2v) is 15.0. The molecule has 0 aliphatic heterocycles. The van der Waals surface area contributed by atoms with Gasteiger partial charge in [0.2, 0.25) is 0 Å². The van der Waals surface area contributed by atoms with Crippen LogP contribution in [0.25, 0.3) is 122 Å². The van der Waals surface area contributed by atoms with Crippen LogP contribution in [0.5, 0.6) is 0 Å². The normalized spacial score (nSPS) is 11.7. The highest BCUT2D eigenvalue weighted by Gasteiger charge is 2.16. The highest BCUT2D eigenvalue weighted by Crippen LogP contribution is 2.36. The van der Waals surface area contributed by atoms with E-state index in [9.17, 15) is 0 Å². The third-order valence-electron chi connectivity index (χ3n) is 11.5. The van der Waals surface area contributed by atoms with Gasteiger partial charge in [-0.3, -0.25) is 19.9 Å². The average molecular weight is 766 g/mol. The highest BCUT2D eigenvalue weighted by atomic mass is 15.0. The van der Waals surface area contributed by atoms with E-state index in [2.05, 4.69) is 131 Å². The van der Waals surface area contributed by atoms with Crippen molar-refractivity contribution >= 4 is 65.2 Å². The summed E-state index contributed by atoms with van der Waals surface area (Å²) in [6.45, 7) is 0. The first kappa shape index (κ1) is 33.8. The second-order valence-electron chi connectivity index (χ2n) is 15.0. The molecule has 0 aliphatic carbocycles. The number of benzene rings is 7. The number of pyridine rings is 4. The van der Waals surface area contributed by atoms with Crippen molar-refractivity contribution in [1.29, 1.82) is 0 Å². The Bertz CT molecular complexity index is 3460. The maximum Gasteiger partial charge on any atom is 0.164 e. The predicted molar refractivity (Wildman–Crippen MR) is 243 cm³/mol. The van der Waals surface area contributed by atoms with Gasteiger partial charge >= 0.3 is 0 Å². The minimum absolute atomic E-state index is 0.607. The molecule has 7 heteroatoms. The van der Waals surface area contributed by atoms with E-state index in [4.69, 9.17) is 24.9 Å². The standard InChI is InChI=1S/C53H31N7/c1-2-6-36(7-3-1)51-58-52(39-16-12-32-10-14-37(28-41(32)30-39)43-22-26-56-49-45(43)20-18-34-8-4-24-54-47(34)49)60-53(59-51)40-17-13-33-11-15-38(29-42(33)31-40)44-23-27-57-50-46(44)21-19-35-9-5-25-55-48(35)50/h1-31H. The molecule has 0 unspecified atom stereocenters. The molecule has 0 saturated heterocycles. The molecule has 5 heterocycles. The Balaban J connectivity index is 0.971. The van der Waals surface area contributed by atoms with Crippen LogP contribution in [-0.2, 0) is 0 Å². The fourth-order valence-electron chi connectivity index (χ4n) is 8.47. The highest BCUT2D eigenvalue weighted by molar-refractivity contribution is 6.10. The van der Waals surface area contributed by atoms with E-state index in [0.29, 0.717) is 17.5 Å². The summed E-state index contributed by atoms with van der Waals surface area (Å²) in [5.74, 6) is 1.83. The summed E-state index contributed by atoms with van der Waals surface area (Å²) in [5, 5.41) is 8.70. The summed E-state index contributed by atoms with van der Waals surface area (Å²) >= 11 is 0. The molecule has 5 aromatic heterocycles. The lowest BCUT2D eigenvalue weighted by atomic mass is 9.96. The lowest BCUT2D eigenvalue weighted by Gasteiger charge is -2.12. The van der Waals surface area contributed by atoms with Gasteiger partial charge in [-0.25, -0.2) is 15.0 Å². The zero-order chi connectivity index (χ0) is 39.6. The first-order valence-electron chi connectivity index (χ1n) is 19.9. The van der Waals surface area contributed by atoms with Gasteiger partial charge in [-0.2, -0.15) is 0 Å². The van der Waals surface area contributed by atoms with Gasteiger partial charge in [0.05, 0.1) is 22.1 Å². The maximum atomic E-state index is 5.16. The molecule has 0 spiro atoms. The van der Waals surface area contributed by atoms with Gasteiger partial charge in [-0.05, 0) is 92.3 Å². The van der Waals surface area contributed by atoms with E-state index >= 15 is 0 Å².